The third kappa shape index (κ3) is 4.41. The lowest BCUT2D eigenvalue weighted by atomic mass is 10.1. The molecule has 1 amide bonds. The van der Waals surface area contributed by atoms with Crippen LogP contribution in [-0.4, -0.2) is 21.3 Å². The second kappa shape index (κ2) is 7.22. The summed E-state index contributed by atoms with van der Waals surface area (Å²) in [5.41, 5.74) is 3.86. The number of H-pyrrole nitrogens is 1. The van der Waals surface area contributed by atoms with Crippen molar-refractivity contribution in [2.24, 2.45) is 0 Å². The maximum Gasteiger partial charge on any atom is 0.411 e. The van der Waals surface area contributed by atoms with E-state index in [2.05, 4.69) is 20.5 Å². The Morgan fingerprint density at radius 1 is 1.04 bits per heavy atom. The lowest BCUT2D eigenvalue weighted by Crippen LogP contribution is -2.13. The highest BCUT2D eigenvalue weighted by atomic mass is 16.5. The summed E-state index contributed by atoms with van der Waals surface area (Å²) in [4.78, 5) is 15.7. The van der Waals surface area contributed by atoms with E-state index in [9.17, 15) is 4.79 Å². The van der Waals surface area contributed by atoms with Gasteiger partial charge in [0.1, 0.15) is 6.61 Å². The number of nitrogens with one attached hydrogen (secondary N) is 2. The van der Waals surface area contributed by atoms with Crippen LogP contribution in [0.2, 0.25) is 0 Å². The molecule has 0 aliphatic heterocycles. The van der Waals surface area contributed by atoms with E-state index in [1.807, 2.05) is 36.4 Å². The first kappa shape index (κ1) is 14.8. The molecule has 0 atom stereocenters. The molecule has 0 fully saturated rings. The van der Waals surface area contributed by atoms with Gasteiger partial charge in [-0.05, 0) is 41.8 Å². The van der Waals surface area contributed by atoms with Gasteiger partial charge in [0.25, 0.3) is 0 Å². The number of hydrogen-bond donors (Lipinski definition) is 2. The van der Waals surface area contributed by atoms with Crippen LogP contribution in [0, 0.1) is 0 Å². The first-order chi connectivity index (χ1) is 11.3. The molecule has 116 valence electrons. The first-order valence-electron chi connectivity index (χ1n) is 7.19. The van der Waals surface area contributed by atoms with E-state index in [1.165, 1.54) is 5.56 Å². The van der Waals surface area contributed by atoms with Crippen molar-refractivity contribution < 1.29 is 9.53 Å². The molecule has 0 radical (unpaired) electrons. The van der Waals surface area contributed by atoms with Gasteiger partial charge in [0, 0.05) is 29.8 Å². The molecular weight excluding hydrogens is 292 g/mol. The highest BCUT2D eigenvalue weighted by molar-refractivity contribution is 5.84. The summed E-state index contributed by atoms with van der Waals surface area (Å²) in [5.74, 6) is 0. The van der Waals surface area contributed by atoms with E-state index < -0.39 is 6.09 Å². The Morgan fingerprint density at radius 3 is 2.48 bits per heavy atom. The molecular formula is C17H16N4O2. The summed E-state index contributed by atoms with van der Waals surface area (Å²) in [6.45, 7) is 0.183. The van der Waals surface area contributed by atoms with Crippen LogP contribution in [0.4, 0.5) is 10.5 Å². The van der Waals surface area contributed by atoms with Crippen molar-refractivity contribution in [1.29, 1.82) is 0 Å². The molecule has 0 aliphatic rings. The first-order valence-corrected chi connectivity index (χ1v) is 7.19. The minimum absolute atomic E-state index is 0.183. The normalized spacial score (nSPS) is 10.3. The average molecular weight is 308 g/mol. The topological polar surface area (TPSA) is 79.9 Å². The fraction of sp³-hybridized carbons (Fsp3) is 0.118. The zero-order valence-electron chi connectivity index (χ0n) is 12.4. The highest BCUT2D eigenvalue weighted by Crippen LogP contribution is 2.13. The molecule has 2 heterocycles. The Hall–Kier alpha value is -3.15. The standard InChI is InChI=1S/C17H16N4O2/c22-17(23-12-15-10-19-20-11-15)21-16-3-1-13(2-4-16)9-14-5-7-18-8-6-14/h1-8,10-11H,9,12H2,(H,19,20)(H,21,22). The molecule has 0 bridgehead atoms. The molecule has 0 unspecified atom stereocenters. The summed E-state index contributed by atoms with van der Waals surface area (Å²) in [6, 6.07) is 11.6. The van der Waals surface area contributed by atoms with Crippen molar-refractivity contribution in [2.75, 3.05) is 5.32 Å². The Kier molecular flexibility index (Phi) is 4.63. The minimum atomic E-state index is -0.493. The van der Waals surface area contributed by atoms with Crippen molar-refractivity contribution >= 4 is 11.8 Å². The van der Waals surface area contributed by atoms with Crippen molar-refractivity contribution in [3.8, 4) is 0 Å². The number of anilines is 1. The van der Waals surface area contributed by atoms with Gasteiger partial charge in [0.05, 0.1) is 6.20 Å². The van der Waals surface area contributed by atoms with Crippen LogP contribution in [0.1, 0.15) is 16.7 Å². The quantitative estimate of drug-likeness (QED) is 0.759. The monoisotopic (exact) mass is 308 g/mol. The van der Waals surface area contributed by atoms with Crippen molar-refractivity contribution in [1.82, 2.24) is 15.2 Å². The van der Waals surface area contributed by atoms with Crippen LogP contribution in [0.15, 0.2) is 61.2 Å². The number of pyridine rings is 1. The molecule has 3 rings (SSSR count). The number of carbonyl (C=O) groups is 1. The number of aromatic amines is 1. The molecule has 0 aliphatic carbocycles. The summed E-state index contributed by atoms with van der Waals surface area (Å²) in [7, 11) is 0. The van der Waals surface area contributed by atoms with Gasteiger partial charge in [0.15, 0.2) is 0 Å². The van der Waals surface area contributed by atoms with Crippen LogP contribution in [0.3, 0.4) is 0 Å². The lowest BCUT2D eigenvalue weighted by molar-refractivity contribution is 0.155. The Labute approximate surface area is 133 Å². The minimum Gasteiger partial charge on any atom is -0.444 e. The van der Waals surface area contributed by atoms with Crippen LogP contribution < -0.4 is 5.32 Å². The zero-order chi connectivity index (χ0) is 15.9. The van der Waals surface area contributed by atoms with E-state index in [1.54, 1.807) is 24.8 Å². The number of ether oxygens (including phenoxy) is 1. The lowest BCUT2D eigenvalue weighted by Gasteiger charge is -2.07. The van der Waals surface area contributed by atoms with Gasteiger partial charge in [0.2, 0.25) is 0 Å². The Bertz CT molecular complexity index is 740. The third-order valence-corrected chi connectivity index (χ3v) is 3.28. The van der Waals surface area contributed by atoms with Gasteiger partial charge < -0.3 is 4.74 Å². The fourth-order valence-electron chi connectivity index (χ4n) is 2.10. The Balaban J connectivity index is 1.51. The maximum atomic E-state index is 11.7. The van der Waals surface area contributed by atoms with E-state index >= 15 is 0 Å². The van der Waals surface area contributed by atoms with Crippen LogP contribution >= 0.6 is 0 Å². The van der Waals surface area contributed by atoms with Gasteiger partial charge >= 0.3 is 6.09 Å². The number of carbonyl (C=O) groups excluding carboxylic acids is 1. The molecule has 0 saturated carbocycles. The number of amides is 1. The Morgan fingerprint density at radius 2 is 1.78 bits per heavy atom. The van der Waals surface area contributed by atoms with Crippen molar-refractivity contribution in [3.05, 3.63) is 77.9 Å². The van der Waals surface area contributed by atoms with Gasteiger partial charge in [-0.15, -0.1) is 0 Å². The largest absolute Gasteiger partial charge is 0.444 e. The number of rotatable bonds is 5. The van der Waals surface area contributed by atoms with E-state index in [0.29, 0.717) is 5.69 Å². The summed E-state index contributed by atoms with van der Waals surface area (Å²) in [5, 5.41) is 9.14. The van der Waals surface area contributed by atoms with E-state index in [4.69, 9.17) is 4.74 Å². The number of nitrogens with zero attached hydrogens (tertiary/aromatic N) is 2. The molecule has 6 heteroatoms. The predicted molar refractivity (Wildman–Crippen MR) is 85.9 cm³/mol. The second-order valence-electron chi connectivity index (χ2n) is 5.04. The predicted octanol–water partition coefficient (Wildman–Crippen LogP) is 3.14. The number of aromatic nitrogens is 3. The van der Waals surface area contributed by atoms with Gasteiger partial charge in [-0.1, -0.05) is 12.1 Å². The summed E-state index contributed by atoms with van der Waals surface area (Å²) < 4.78 is 5.10. The SMILES string of the molecule is O=C(Nc1ccc(Cc2ccncc2)cc1)OCc1cn[nH]c1. The van der Waals surface area contributed by atoms with Crippen LogP contribution in [0.5, 0.6) is 0 Å². The van der Waals surface area contributed by atoms with E-state index in [-0.39, 0.29) is 6.61 Å². The molecule has 3 aromatic rings. The molecule has 1 aromatic carbocycles. The van der Waals surface area contributed by atoms with Gasteiger partial charge in [-0.25, -0.2) is 4.79 Å². The highest BCUT2D eigenvalue weighted by Gasteiger charge is 2.04. The maximum absolute atomic E-state index is 11.7. The molecule has 23 heavy (non-hydrogen) atoms. The average Bonchev–Trinajstić information content (AvgIpc) is 3.09. The van der Waals surface area contributed by atoms with Crippen LogP contribution in [-0.2, 0) is 17.8 Å². The second-order valence-corrected chi connectivity index (χ2v) is 5.04. The van der Waals surface area contributed by atoms with Crippen LogP contribution in [0.25, 0.3) is 0 Å². The summed E-state index contributed by atoms with van der Waals surface area (Å²) >= 11 is 0. The number of hydrogen-bond acceptors (Lipinski definition) is 4. The third-order valence-electron chi connectivity index (χ3n) is 3.28. The van der Waals surface area contributed by atoms with Gasteiger partial charge in [-0.3, -0.25) is 15.4 Å². The molecule has 2 N–H and O–H groups in total. The van der Waals surface area contributed by atoms with Crippen molar-refractivity contribution in [2.45, 2.75) is 13.0 Å². The molecule has 0 spiro atoms. The molecule has 2 aromatic heterocycles. The van der Waals surface area contributed by atoms with Crippen molar-refractivity contribution in [3.63, 3.8) is 0 Å². The fourth-order valence-corrected chi connectivity index (χ4v) is 2.10. The molecule has 6 nitrogen and oxygen atoms in total. The zero-order valence-corrected chi connectivity index (χ0v) is 12.4. The number of benzene rings is 1. The molecule has 0 saturated heterocycles. The summed E-state index contributed by atoms with van der Waals surface area (Å²) in [6.07, 6.45) is 7.19. The van der Waals surface area contributed by atoms with E-state index in [0.717, 1.165) is 17.5 Å². The van der Waals surface area contributed by atoms with Gasteiger partial charge in [-0.2, -0.15) is 5.10 Å². The smallest absolute Gasteiger partial charge is 0.411 e.